The fraction of sp³-hybridized carbons (Fsp3) is 0.174. The van der Waals surface area contributed by atoms with Gasteiger partial charge in [-0.15, -0.1) is 0 Å². The molecule has 7 aromatic rings. The molecule has 0 atom stereocenters. The first-order chi connectivity index (χ1) is 24.1. The molecule has 0 aromatic heterocycles. The molecule has 0 unspecified atom stereocenters. The zero-order valence-corrected chi connectivity index (χ0v) is 38.2. The van der Waals surface area contributed by atoms with E-state index in [2.05, 4.69) is 173 Å². The Morgan fingerprint density at radius 2 is 0.720 bits per heavy atom. The van der Waals surface area contributed by atoms with Crippen molar-refractivity contribution in [3.05, 3.63) is 155 Å². The van der Waals surface area contributed by atoms with Gasteiger partial charge in [0.15, 0.2) is 0 Å². The van der Waals surface area contributed by atoms with Crippen molar-refractivity contribution in [1.29, 1.82) is 0 Å². The molecular formula is C46H44N2Pb2. The average Bonchev–Trinajstić information content (AvgIpc) is 3.10. The number of benzene rings is 7. The number of anilines is 6. The molecule has 0 bridgehead atoms. The number of rotatable bonds is 6. The van der Waals surface area contributed by atoms with E-state index in [1.54, 1.807) is 0 Å². The normalized spacial score (nSPS) is 11.0. The van der Waals surface area contributed by atoms with E-state index < -0.39 is 0 Å². The second-order valence-corrected chi connectivity index (χ2v) is 17.2. The molecule has 0 amide bonds. The van der Waals surface area contributed by atoms with E-state index in [0.717, 1.165) is 51.5 Å². The summed E-state index contributed by atoms with van der Waals surface area (Å²) in [6.07, 6.45) is 0. The van der Waals surface area contributed by atoms with Gasteiger partial charge in [0, 0.05) is 0 Å². The van der Waals surface area contributed by atoms with E-state index in [9.17, 15) is 0 Å². The number of fused-ring (bicyclic) bond motifs is 3. The van der Waals surface area contributed by atoms with E-state index >= 15 is 0 Å². The molecule has 7 aromatic carbocycles. The van der Waals surface area contributed by atoms with Crippen LogP contribution in [0.4, 0.5) is 34.1 Å². The topological polar surface area (TPSA) is 6.48 Å². The third kappa shape index (κ3) is 6.77. The van der Waals surface area contributed by atoms with Gasteiger partial charge in [-0.2, -0.15) is 0 Å². The van der Waals surface area contributed by atoms with Crippen LogP contribution in [0.5, 0.6) is 0 Å². The van der Waals surface area contributed by atoms with Crippen LogP contribution in [0, 0.1) is 41.5 Å². The summed E-state index contributed by atoms with van der Waals surface area (Å²) in [5.41, 5.74) is 15.1. The van der Waals surface area contributed by atoms with Gasteiger partial charge in [0.1, 0.15) is 0 Å². The third-order valence-electron chi connectivity index (χ3n) is 9.49. The van der Waals surface area contributed by atoms with Gasteiger partial charge in [-0.05, 0) is 0 Å². The molecule has 246 valence electrons. The fourth-order valence-electron chi connectivity index (χ4n) is 7.22. The van der Waals surface area contributed by atoms with Crippen LogP contribution in [-0.2, 0) is 0 Å². The van der Waals surface area contributed by atoms with Gasteiger partial charge in [-0.1, -0.05) is 13.8 Å². The Hall–Kier alpha value is -3.50. The van der Waals surface area contributed by atoms with Crippen LogP contribution in [0.15, 0.2) is 121 Å². The number of hydrogen-bond donors (Lipinski definition) is 0. The molecule has 0 saturated carbocycles. The molecule has 0 saturated heterocycles. The zero-order valence-electron chi connectivity index (χ0n) is 30.4. The molecule has 0 aliphatic heterocycles. The van der Waals surface area contributed by atoms with Crippen LogP contribution in [-0.4, -0.2) is 51.5 Å². The monoisotopic (exact) mass is 1040 g/mol. The molecule has 50 heavy (non-hydrogen) atoms. The predicted molar refractivity (Wildman–Crippen MR) is 221 cm³/mol. The summed E-state index contributed by atoms with van der Waals surface area (Å²) in [4.78, 5) is 5.01. The molecule has 7 rings (SSSR count). The molecule has 0 aliphatic rings. The molecule has 0 aliphatic carbocycles. The van der Waals surface area contributed by atoms with Crippen molar-refractivity contribution in [1.82, 2.24) is 0 Å². The molecule has 0 N–H and O–H groups in total. The number of nitrogens with zero attached hydrogens (tertiary/aromatic N) is 2. The number of aryl methyl sites for hydroxylation is 6. The SMILES string of the molecule is CC.Cc1ccc(N(c2cccc[c]2[Pb])c2ccc(C)c3c2ccc2c(N(c4ccc(C)cc4C)c4cccc[c]4[Pb])ccc(C)c23)c(C)c1. The Labute approximate surface area is 330 Å². The average molecular weight is 1040 g/mol. The summed E-state index contributed by atoms with van der Waals surface area (Å²) in [6, 6.07) is 45.5. The molecule has 4 heteroatoms. The van der Waals surface area contributed by atoms with Gasteiger partial charge in [0.2, 0.25) is 0 Å². The first kappa shape index (κ1) is 36.3. The molecule has 0 spiro atoms. The third-order valence-corrected chi connectivity index (χ3v) is 12.8. The minimum absolute atomic E-state index is 0.961. The summed E-state index contributed by atoms with van der Waals surface area (Å²) in [6.45, 7) is 17.4. The van der Waals surface area contributed by atoms with Crippen molar-refractivity contribution in [3.63, 3.8) is 0 Å². The van der Waals surface area contributed by atoms with Crippen molar-refractivity contribution in [2.45, 2.75) is 55.4 Å². The van der Waals surface area contributed by atoms with E-state index in [4.69, 9.17) is 0 Å². The van der Waals surface area contributed by atoms with E-state index in [1.807, 2.05) is 13.8 Å². The summed E-state index contributed by atoms with van der Waals surface area (Å²) >= 11 is 1.92. The molecular weight excluding hydrogens is 995 g/mol. The van der Waals surface area contributed by atoms with Crippen LogP contribution in [0.3, 0.4) is 0 Å². The molecule has 0 fully saturated rings. The summed E-state index contributed by atoms with van der Waals surface area (Å²) in [7, 11) is 0. The Balaban J connectivity index is 0.00000212. The van der Waals surface area contributed by atoms with Crippen molar-refractivity contribution < 1.29 is 0 Å². The molecule has 6 radical (unpaired) electrons. The van der Waals surface area contributed by atoms with Gasteiger partial charge in [-0.3, -0.25) is 0 Å². The van der Waals surface area contributed by atoms with Crippen molar-refractivity contribution >= 4 is 113 Å². The first-order valence-electron chi connectivity index (χ1n) is 17.5. The van der Waals surface area contributed by atoms with Gasteiger partial charge >= 0.3 is 319 Å². The first-order valence-corrected chi connectivity index (χ1v) is 21.3. The van der Waals surface area contributed by atoms with Gasteiger partial charge in [0.25, 0.3) is 0 Å². The quantitative estimate of drug-likeness (QED) is 0.121. The number of hydrogen-bond acceptors (Lipinski definition) is 2. The van der Waals surface area contributed by atoms with Crippen LogP contribution >= 0.6 is 0 Å². The Morgan fingerprint density at radius 3 is 1.08 bits per heavy atom. The summed E-state index contributed by atoms with van der Waals surface area (Å²) < 4.78 is 2.77. The fourth-order valence-corrected chi connectivity index (χ4v) is 9.49. The predicted octanol–water partition coefficient (Wildman–Crippen LogP) is 11.4. The molecule has 2 nitrogen and oxygen atoms in total. The second-order valence-electron chi connectivity index (χ2n) is 13.0. The van der Waals surface area contributed by atoms with Crippen molar-refractivity contribution in [2.24, 2.45) is 0 Å². The maximum atomic E-state index is 2.50. The summed E-state index contributed by atoms with van der Waals surface area (Å²) in [5, 5.41) is 5.19. The Kier molecular flexibility index (Phi) is 11.2. The van der Waals surface area contributed by atoms with Crippen LogP contribution < -0.4 is 16.0 Å². The minimum atomic E-state index is 0.961. The Bertz CT molecular complexity index is 2190. The van der Waals surface area contributed by atoms with E-state index in [1.165, 1.54) is 95.3 Å². The number of para-hydroxylation sites is 2. The van der Waals surface area contributed by atoms with E-state index in [0.29, 0.717) is 0 Å². The zero-order chi connectivity index (χ0) is 35.7. The van der Waals surface area contributed by atoms with E-state index in [-0.39, 0.29) is 0 Å². The maximum absolute atomic E-state index is 2.50. The van der Waals surface area contributed by atoms with Crippen molar-refractivity contribution in [2.75, 3.05) is 9.80 Å². The van der Waals surface area contributed by atoms with Crippen LogP contribution in [0.25, 0.3) is 21.5 Å². The van der Waals surface area contributed by atoms with Gasteiger partial charge in [-0.25, -0.2) is 0 Å². The van der Waals surface area contributed by atoms with Crippen LogP contribution in [0.2, 0.25) is 0 Å². The molecule has 0 heterocycles. The summed E-state index contributed by atoms with van der Waals surface area (Å²) in [5.74, 6) is 0. The van der Waals surface area contributed by atoms with Crippen LogP contribution in [0.1, 0.15) is 47.2 Å². The standard InChI is InChI=1S/C44H38N2.C2H6.2Pb/c1-29-17-23-39(33(5)27-29)45(35-13-9-7-10-14-35)41-25-19-31(3)43-37(41)21-22-38-42(26-20-32(4)44(38)43)46(36-15-11-8-12-16-36)40-24-18-30(2)28-34(40)6;1-2;;/h7-13,15,17-28H,1-6H3;1-2H3;;. The van der Waals surface area contributed by atoms with Gasteiger partial charge < -0.3 is 0 Å². The Morgan fingerprint density at radius 1 is 0.360 bits per heavy atom. The second kappa shape index (κ2) is 15.4. The van der Waals surface area contributed by atoms with Crippen molar-refractivity contribution in [3.8, 4) is 0 Å². The van der Waals surface area contributed by atoms with Gasteiger partial charge in [0.05, 0.1) is 0 Å².